The van der Waals surface area contributed by atoms with Gasteiger partial charge in [0, 0.05) is 62.8 Å². The zero-order valence-electron chi connectivity index (χ0n) is 15.7. The van der Waals surface area contributed by atoms with Crippen LogP contribution in [0.15, 0.2) is 12.4 Å². The van der Waals surface area contributed by atoms with E-state index in [9.17, 15) is 0 Å². The van der Waals surface area contributed by atoms with Gasteiger partial charge in [-0.3, -0.25) is 9.36 Å². The highest BCUT2D eigenvalue weighted by Gasteiger charge is 2.33. The molecule has 1 saturated heterocycles. The summed E-state index contributed by atoms with van der Waals surface area (Å²) in [7, 11) is 3.70. The number of hydrogen-bond acceptors (Lipinski definition) is 5. The summed E-state index contributed by atoms with van der Waals surface area (Å²) in [4.78, 5) is 0. The van der Waals surface area contributed by atoms with Gasteiger partial charge in [0.2, 0.25) is 0 Å². The first kappa shape index (κ1) is 18.1. The number of hydrogen-bond donors (Lipinski definition) is 1. The summed E-state index contributed by atoms with van der Waals surface area (Å²) in [5.41, 5.74) is 4.74. The predicted molar refractivity (Wildman–Crippen MR) is 95.3 cm³/mol. The zero-order valence-corrected chi connectivity index (χ0v) is 15.7. The van der Waals surface area contributed by atoms with Gasteiger partial charge >= 0.3 is 0 Å². The smallest absolute Gasteiger partial charge is 0.0901 e. The van der Waals surface area contributed by atoms with E-state index in [1.54, 1.807) is 7.11 Å². The molecule has 0 aliphatic carbocycles. The van der Waals surface area contributed by atoms with E-state index in [1.807, 2.05) is 22.6 Å². The first-order valence-electron chi connectivity index (χ1n) is 8.92. The van der Waals surface area contributed by atoms with E-state index >= 15 is 0 Å². The van der Waals surface area contributed by atoms with E-state index in [1.165, 1.54) is 16.8 Å². The molecule has 0 aromatic carbocycles. The summed E-state index contributed by atoms with van der Waals surface area (Å²) in [6.45, 7) is 8.23. The molecule has 1 N–H and O–H groups in total. The number of ether oxygens (including phenoxy) is 2. The van der Waals surface area contributed by atoms with Crippen molar-refractivity contribution in [2.75, 3.05) is 26.9 Å². The van der Waals surface area contributed by atoms with Crippen molar-refractivity contribution in [3.05, 3.63) is 34.9 Å². The summed E-state index contributed by atoms with van der Waals surface area (Å²) in [5.74, 6) is 0.477. The molecular weight excluding hydrogens is 318 g/mol. The quantitative estimate of drug-likeness (QED) is 0.788. The van der Waals surface area contributed by atoms with E-state index in [0.29, 0.717) is 12.5 Å². The largest absolute Gasteiger partial charge is 0.383 e. The van der Waals surface area contributed by atoms with Crippen LogP contribution < -0.4 is 5.32 Å². The molecule has 0 unspecified atom stereocenters. The first-order valence-corrected chi connectivity index (χ1v) is 8.92. The predicted octanol–water partition coefficient (Wildman–Crippen LogP) is 1.75. The highest BCUT2D eigenvalue weighted by Crippen LogP contribution is 2.37. The summed E-state index contributed by atoms with van der Waals surface area (Å²) >= 11 is 0. The standard InChI is InChI=1S/C18H29N5O2/c1-13-17(14(2)22(3)21-13)18-16(5-7-25-18)11-19-9-15-10-20-23(12-15)6-8-24-4/h10,12,16,18-19H,5-9,11H2,1-4H3/t16-,18-/m1/s1. The molecule has 2 aromatic heterocycles. The molecule has 1 fully saturated rings. The highest BCUT2D eigenvalue weighted by molar-refractivity contribution is 5.28. The van der Waals surface area contributed by atoms with E-state index in [0.717, 1.165) is 38.4 Å². The fourth-order valence-corrected chi connectivity index (χ4v) is 3.57. The Balaban J connectivity index is 1.54. The number of nitrogens with zero attached hydrogens (tertiary/aromatic N) is 4. The van der Waals surface area contributed by atoms with Crippen molar-refractivity contribution < 1.29 is 9.47 Å². The molecule has 7 nitrogen and oxygen atoms in total. The molecule has 138 valence electrons. The molecule has 2 aromatic rings. The van der Waals surface area contributed by atoms with E-state index < -0.39 is 0 Å². The summed E-state index contributed by atoms with van der Waals surface area (Å²) in [5, 5.41) is 12.5. The van der Waals surface area contributed by atoms with Crippen molar-refractivity contribution in [2.24, 2.45) is 13.0 Å². The molecule has 25 heavy (non-hydrogen) atoms. The lowest BCUT2D eigenvalue weighted by molar-refractivity contribution is 0.0893. The van der Waals surface area contributed by atoms with Gasteiger partial charge in [0.1, 0.15) is 0 Å². The molecule has 0 radical (unpaired) electrons. The number of nitrogens with one attached hydrogen (secondary N) is 1. The lowest BCUT2D eigenvalue weighted by Gasteiger charge is -2.19. The fourth-order valence-electron chi connectivity index (χ4n) is 3.57. The minimum atomic E-state index is 0.144. The molecule has 3 rings (SSSR count). The van der Waals surface area contributed by atoms with Gasteiger partial charge in [0.25, 0.3) is 0 Å². The van der Waals surface area contributed by atoms with Gasteiger partial charge in [-0.1, -0.05) is 0 Å². The lowest BCUT2D eigenvalue weighted by atomic mass is 9.94. The van der Waals surface area contributed by atoms with Crippen LogP contribution in [-0.4, -0.2) is 46.4 Å². The van der Waals surface area contributed by atoms with Gasteiger partial charge in [0.05, 0.1) is 31.1 Å². The number of methoxy groups -OCH3 is 1. The van der Waals surface area contributed by atoms with Gasteiger partial charge in [-0.15, -0.1) is 0 Å². The normalized spacial score (nSPS) is 20.5. The molecular formula is C18H29N5O2. The van der Waals surface area contributed by atoms with Crippen molar-refractivity contribution in [1.29, 1.82) is 0 Å². The molecule has 2 atom stereocenters. The SMILES string of the molecule is COCCn1cc(CNC[C@H]2CCO[C@H]2c2c(C)nn(C)c2C)cn1. The van der Waals surface area contributed by atoms with Gasteiger partial charge in [-0.2, -0.15) is 10.2 Å². The van der Waals surface area contributed by atoms with Crippen LogP contribution in [0.4, 0.5) is 0 Å². The summed E-state index contributed by atoms with van der Waals surface area (Å²) in [6.07, 6.45) is 5.22. The fraction of sp³-hybridized carbons (Fsp3) is 0.667. The van der Waals surface area contributed by atoms with Crippen LogP contribution in [0, 0.1) is 19.8 Å². The maximum atomic E-state index is 6.05. The second kappa shape index (κ2) is 8.12. The Kier molecular flexibility index (Phi) is 5.88. The second-order valence-electron chi connectivity index (χ2n) is 6.78. The Morgan fingerprint density at radius 2 is 2.24 bits per heavy atom. The van der Waals surface area contributed by atoms with Crippen molar-refractivity contribution in [3.63, 3.8) is 0 Å². The molecule has 7 heteroatoms. The Bertz CT molecular complexity index is 694. The van der Waals surface area contributed by atoms with Crippen molar-refractivity contribution >= 4 is 0 Å². The Hall–Kier alpha value is -1.70. The second-order valence-corrected chi connectivity index (χ2v) is 6.78. The van der Waals surface area contributed by atoms with Crippen LogP contribution in [0.2, 0.25) is 0 Å². The third-order valence-corrected chi connectivity index (χ3v) is 5.01. The molecule has 1 aliphatic heterocycles. The summed E-state index contributed by atoms with van der Waals surface area (Å²) < 4.78 is 15.0. The van der Waals surface area contributed by atoms with Gasteiger partial charge in [-0.25, -0.2) is 0 Å². The monoisotopic (exact) mass is 347 g/mol. The third-order valence-electron chi connectivity index (χ3n) is 5.01. The van der Waals surface area contributed by atoms with Gasteiger partial charge in [-0.05, 0) is 20.3 Å². The van der Waals surface area contributed by atoms with Crippen LogP contribution in [0.5, 0.6) is 0 Å². The average Bonchev–Trinajstić information content (AvgIpc) is 3.28. The van der Waals surface area contributed by atoms with Crippen LogP contribution in [0.1, 0.15) is 35.0 Å². The van der Waals surface area contributed by atoms with Crippen LogP contribution in [-0.2, 0) is 29.6 Å². The Labute approximate surface area is 149 Å². The Morgan fingerprint density at radius 1 is 1.40 bits per heavy atom. The van der Waals surface area contributed by atoms with Crippen LogP contribution >= 0.6 is 0 Å². The molecule has 0 amide bonds. The van der Waals surface area contributed by atoms with E-state index in [2.05, 4.69) is 35.6 Å². The maximum Gasteiger partial charge on any atom is 0.0901 e. The van der Waals surface area contributed by atoms with E-state index in [-0.39, 0.29) is 6.10 Å². The van der Waals surface area contributed by atoms with Crippen LogP contribution in [0.3, 0.4) is 0 Å². The highest BCUT2D eigenvalue weighted by atomic mass is 16.5. The molecule has 0 spiro atoms. The lowest BCUT2D eigenvalue weighted by Crippen LogP contribution is -2.25. The Morgan fingerprint density at radius 3 is 2.96 bits per heavy atom. The maximum absolute atomic E-state index is 6.05. The average molecular weight is 347 g/mol. The number of aryl methyl sites for hydroxylation is 2. The van der Waals surface area contributed by atoms with Crippen molar-refractivity contribution in [3.8, 4) is 0 Å². The number of aromatic nitrogens is 4. The van der Waals surface area contributed by atoms with Crippen molar-refractivity contribution in [2.45, 2.75) is 39.5 Å². The van der Waals surface area contributed by atoms with Gasteiger partial charge < -0.3 is 14.8 Å². The van der Waals surface area contributed by atoms with Crippen LogP contribution in [0.25, 0.3) is 0 Å². The minimum Gasteiger partial charge on any atom is -0.383 e. The third kappa shape index (κ3) is 4.11. The van der Waals surface area contributed by atoms with Gasteiger partial charge in [0.15, 0.2) is 0 Å². The first-order chi connectivity index (χ1) is 12.1. The molecule has 3 heterocycles. The minimum absolute atomic E-state index is 0.144. The number of rotatable bonds is 8. The van der Waals surface area contributed by atoms with Crippen molar-refractivity contribution in [1.82, 2.24) is 24.9 Å². The zero-order chi connectivity index (χ0) is 17.8. The van der Waals surface area contributed by atoms with E-state index in [4.69, 9.17) is 9.47 Å². The molecule has 0 saturated carbocycles. The molecule has 1 aliphatic rings. The summed E-state index contributed by atoms with van der Waals surface area (Å²) in [6, 6.07) is 0. The molecule has 0 bridgehead atoms. The topological polar surface area (TPSA) is 66.1 Å².